The van der Waals surface area contributed by atoms with Crippen molar-refractivity contribution >= 4 is 39.2 Å². The average Bonchev–Trinajstić information content (AvgIpc) is 1.85. The molecular formula is C4H6BINO3. The fourth-order valence-electron chi connectivity index (χ4n) is 0.370. The molecule has 0 saturated carbocycles. The summed E-state index contributed by atoms with van der Waals surface area (Å²) in [5.41, 5.74) is 4.82. The van der Waals surface area contributed by atoms with Gasteiger partial charge >= 0.3 is 5.97 Å². The molecule has 0 aromatic rings. The molecule has 1 radical (unpaired) electrons. The largest absolute Gasteiger partial charge is 0.481 e. The van der Waals surface area contributed by atoms with Gasteiger partial charge in [0.15, 0.2) is 0 Å². The maximum atomic E-state index is 10.6. The van der Waals surface area contributed by atoms with Gasteiger partial charge in [0.05, 0.1) is 12.5 Å². The van der Waals surface area contributed by atoms with Gasteiger partial charge in [-0.25, -0.2) is 0 Å². The van der Waals surface area contributed by atoms with Gasteiger partial charge in [0, 0.05) is 0 Å². The van der Waals surface area contributed by atoms with E-state index in [9.17, 15) is 9.59 Å². The SMILES string of the molecule is N[C@@H](CC(=O)O)C(=O)[B]I. The summed E-state index contributed by atoms with van der Waals surface area (Å²) in [6.07, 6.45) is -0.307. The first kappa shape index (κ1) is 9.89. The van der Waals surface area contributed by atoms with Crippen LogP contribution in [0.15, 0.2) is 0 Å². The van der Waals surface area contributed by atoms with E-state index in [1.54, 1.807) is 22.4 Å². The smallest absolute Gasteiger partial charge is 0.305 e. The highest BCUT2D eigenvalue weighted by atomic mass is 127. The Labute approximate surface area is 72.3 Å². The van der Waals surface area contributed by atoms with E-state index in [0.29, 0.717) is 0 Å². The predicted octanol–water partition coefficient (Wildman–Crippen LogP) is -0.631. The van der Waals surface area contributed by atoms with Crippen LogP contribution in [0.2, 0.25) is 0 Å². The van der Waals surface area contributed by atoms with Crippen molar-refractivity contribution in [2.75, 3.05) is 0 Å². The summed E-state index contributed by atoms with van der Waals surface area (Å²) in [7, 11) is 0. The van der Waals surface area contributed by atoms with Crippen LogP contribution in [0, 0.1) is 0 Å². The molecule has 3 N–H and O–H groups in total. The lowest BCUT2D eigenvalue weighted by atomic mass is 9.93. The molecule has 0 amide bonds. The van der Waals surface area contributed by atoms with Crippen molar-refractivity contribution in [1.29, 1.82) is 0 Å². The van der Waals surface area contributed by atoms with Gasteiger partial charge in [0.1, 0.15) is 5.68 Å². The topological polar surface area (TPSA) is 80.4 Å². The normalized spacial score (nSPS) is 12.2. The number of hydrogen-bond acceptors (Lipinski definition) is 3. The molecule has 55 valence electrons. The van der Waals surface area contributed by atoms with Crippen molar-refractivity contribution in [3.63, 3.8) is 0 Å². The van der Waals surface area contributed by atoms with E-state index in [2.05, 4.69) is 0 Å². The Balaban J connectivity index is 3.72. The molecule has 0 rings (SSSR count). The maximum absolute atomic E-state index is 10.6. The molecule has 0 aromatic carbocycles. The third-order valence-electron chi connectivity index (χ3n) is 0.868. The Morgan fingerprint density at radius 2 is 2.20 bits per heavy atom. The number of carbonyl (C=O) groups excluding carboxylic acids is 1. The number of carbonyl (C=O) groups is 2. The van der Waals surface area contributed by atoms with E-state index in [4.69, 9.17) is 10.8 Å². The Morgan fingerprint density at radius 3 is 2.50 bits per heavy atom. The molecule has 10 heavy (non-hydrogen) atoms. The van der Waals surface area contributed by atoms with E-state index >= 15 is 0 Å². The van der Waals surface area contributed by atoms with Crippen LogP contribution in [0.3, 0.4) is 0 Å². The minimum atomic E-state index is -1.06. The van der Waals surface area contributed by atoms with Crippen LogP contribution in [0.25, 0.3) is 0 Å². The molecule has 0 aliphatic carbocycles. The minimum absolute atomic E-state index is 0.307. The van der Waals surface area contributed by atoms with E-state index in [1.807, 2.05) is 0 Å². The molecule has 0 aliphatic heterocycles. The van der Waals surface area contributed by atoms with Gasteiger partial charge in [-0.3, -0.25) is 4.79 Å². The van der Waals surface area contributed by atoms with E-state index in [-0.39, 0.29) is 12.1 Å². The Hall–Kier alpha value is -0.105. The lowest BCUT2D eigenvalue weighted by Crippen LogP contribution is -2.34. The zero-order chi connectivity index (χ0) is 8.15. The van der Waals surface area contributed by atoms with Crippen molar-refractivity contribution in [1.82, 2.24) is 0 Å². The highest BCUT2D eigenvalue weighted by Crippen LogP contribution is 1.91. The standard InChI is InChI=1S/C4H6BINO3/c6-5-4(10)2(7)1-3(8)9/h2H,1,7H2,(H,8,9)/t2-/m0/s1. The summed E-state index contributed by atoms with van der Waals surface area (Å²) >= 11 is 1.73. The van der Waals surface area contributed by atoms with Gasteiger partial charge in [-0.05, 0) is 0 Å². The predicted molar refractivity (Wildman–Crippen MR) is 45.0 cm³/mol. The van der Waals surface area contributed by atoms with Gasteiger partial charge in [-0.2, -0.15) is 0 Å². The molecule has 6 heteroatoms. The number of carboxylic acids is 1. The van der Waals surface area contributed by atoms with Gasteiger partial charge in [-0.1, -0.05) is 0 Å². The summed E-state index contributed by atoms with van der Waals surface area (Å²) < 4.78 is 0. The first-order valence-corrected chi connectivity index (χ1v) is 3.77. The first-order valence-electron chi connectivity index (χ1n) is 2.52. The number of hydrogen-bond donors (Lipinski definition) is 2. The van der Waals surface area contributed by atoms with Gasteiger partial charge in [-0.15, -0.1) is 22.4 Å². The number of nitrogens with two attached hydrogens (primary N) is 1. The van der Waals surface area contributed by atoms with Crippen LogP contribution in [0.4, 0.5) is 0 Å². The van der Waals surface area contributed by atoms with E-state index < -0.39 is 12.0 Å². The summed E-state index contributed by atoms with van der Waals surface area (Å²) in [5.74, 6) is -1.06. The van der Waals surface area contributed by atoms with Gasteiger partial charge < -0.3 is 15.6 Å². The maximum Gasteiger partial charge on any atom is 0.305 e. The molecule has 0 fully saturated rings. The second kappa shape index (κ2) is 4.67. The monoisotopic (exact) mass is 254 g/mol. The molecule has 0 unspecified atom stereocenters. The Kier molecular flexibility index (Phi) is 4.62. The highest BCUT2D eigenvalue weighted by Gasteiger charge is 2.15. The van der Waals surface area contributed by atoms with Gasteiger partial charge in [0.25, 0.3) is 5.14 Å². The molecule has 0 aromatic heterocycles. The Bertz CT molecular complexity index is 151. The Morgan fingerprint density at radius 1 is 1.70 bits per heavy atom. The van der Waals surface area contributed by atoms with Crippen molar-refractivity contribution in [2.45, 2.75) is 12.5 Å². The van der Waals surface area contributed by atoms with Crippen LogP contribution in [-0.4, -0.2) is 27.9 Å². The van der Waals surface area contributed by atoms with E-state index in [1.165, 1.54) is 5.14 Å². The number of carboxylic acid groups (broad SMARTS) is 1. The minimum Gasteiger partial charge on any atom is -0.481 e. The summed E-state index contributed by atoms with van der Waals surface area (Å²) in [6.45, 7) is 0. The lowest BCUT2D eigenvalue weighted by molar-refractivity contribution is -0.138. The third kappa shape index (κ3) is 3.83. The molecule has 0 spiro atoms. The van der Waals surface area contributed by atoms with E-state index in [0.717, 1.165) is 0 Å². The fourth-order valence-corrected chi connectivity index (χ4v) is 0.832. The number of rotatable bonds is 4. The first-order chi connectivity index (χ1) is 4.57. The number of aliphatic carboxylic acids is 1. The third-order valence-corrected chi connectivity index (χ3v) is 1.48. The van der Waals surface area contributed by atoms with Crippen molar-refractivity contribution in [2.24, 2.45) is 5.73 Å². The zero-order valence-electron chi connectivity index (χ0n) is 5.08. The average molecular weight is 254 g/mol. The second-order valence-corrected chi connectivity index (χ2v) is 2.34. The van der Waals surface area contributed by atoms with Crippen molar-refractivity contribution in [3.8, 4) is 0 Å². The van der Waals surface area contributed by atoms with Crippen molar-refractivity contribution < 1.29 is 14.7 Å². The van der Waals surface area contributed by atoms with Crippen LogP contribution < -0.4 is 5.73 Å². The lowest BCUT2D eigenvalue weighted by Gasteiger charge is -2.02. The fraction of sp³-hybridized carbons (Fsp3) is 0.500. The van der Waals surface area contributed by atoms with Crippen LogP contribution in [0.1, 0.15) is 6.42 Å². The summed E-state index contributed by atoms with van der Waals surface area (Å²) in [6, 6.07) is -0.894. The van der Waals surface area contributed by atoms with Crippen LogP contribution in [0.5, 0.6) is 0 Å². The molecule has 0 bridgehead atoms. The molecule has 0 saturated heterocycles. The molecule has 1 atom stereocenters. The molecule has 0 aliphatic rings. The highest BCUT2D eigenvalue weighted by molar-refractivity contribution is 14.1. The van der Waals surface area contributed by atoms with Crippen LogP contribution in [-0.2, 0) is 9.59 Å². The summed E-state index contributed by atoms with van der Waals surface area (Å²) in [5, 5.41) is 9.42. The molecule has 4 nitrogen and oxygen atoms in total. The van der Waals surface area contributed by atoms with Gasteiger partial charge in [0.2, 0.25) is 0 Å². The zero-order valence-corrected chi connectivity index (χ0v) is 7.24. The van der Waals surface area contributed by atoms with Crippen LogP contribution >= 0.6 is 22.4 Å². The summed E-state index contributed by atoms with van der Waals surface area (Å²) in [4.78, 5) is 20.6. The second-order valence-electron chi connectivity index (χ2n) is 1.72. The molecule has 0 heterocycles. The number of halogens is 1. The quantitative estimate of drug-likeness (QED) is 0.517. The molecular weight excluding hydrogens is 248 g/mol. The van der Waals surface area contributed by atoms with Crippen molar-refractivity contribution in [3.05, 3.63) is 0 Å².